The first-order valence-electron chi connectivity index (χ1n) is 7.96. The Kier molecular flexibility index (Phi) is 5.21. The summed E-state index contributed by atoms with van der Waals surface area (Å²) >= 11 is 7.76. The van der Waals surface area contributed by atoms with E-state index in [4.69, 9.17) is 11.6 Å². The number of halogens is 1. The Morgan fingerprint density at radius 1 is 1.33 bits per heavy atom. The van der Waals surface area contributed by atoms with E-state index in [-0.39, 0.29) is 17.9 Å². The number of amides is 2. The van der Waals surface area contributed by atoms with Gasteiger partial charge in [0.05, 0.1) is 16.6 Å². The van der Waals surface area contributed by atoms with Gasteiger partial charge in [-0.1, -0.05) is 23.7 Å². The maximum Gasteiger partial charge on any atom is 0.252 e. The Bertz CT molecular complexity index is 759. The van der Waals surface area contributed by atoms with E-state index < -0.39 is 0 Å². The molecule has 24 heavy (non-hydrogen) atoms. The molecule has 1 aliphatic rings. The van der Waals surface area contributed by atoms with Crippen LogP contribution in [0.1, 0.15) is 40.2 Å². The summed E-state index contributed by atoms with van der Waals surface area (Å²) in [6, 6.07) is 9.09. The molecule has 6 heteroatoms. The Balaban J connectivity index is 1.53. The lowest BCUT2D eigenvalue weighted by molar-refractivity contribution is -0.133. The fourth-order valence-corrected chi connectivity index (χ4v) is 4.20. The zero-order chi connectivity index (χ0) is 17.1. The lowest BCUT2D eigenvalue weighted by Gasteiger charge is -2.33. The average molecular weight is 363 g/mol. The average Bonchev–Trinajstić information content (AvgIpc) is 3.05. The van der Waals surface area contributed by atoms with Crippen LogP contribution in [-0.4, -0.2) is 29.8 Å². The van der Waals surface area contributed by atoms with E-state index in [0.29, 0.717) is 23.6 Å². The van der Waals surface area contributed by atoms with Crippen molar-refractivity contribution in [1.29, 1.82) is 0 Å². The topological polar surface area (TPSA) is 49.4 Å². The number of nitrogens with zero attached hydrogens (tertiary/aromatic N) is 1. The van der Waals surface area contributed by atoms with Crippen LogP contribution in [-0.2, 0) is 11.2 Å². The van der Waals surface area contributed by atoms with Gasteiger partial charge in [-0.15, -0.1) is 11.3 Å². The van der Waals surface area contributed by atoms with E-state index in [1.165, 1.54) is 10.4 Å². The predicted octanol–water partition coefficient (Wildman–Crippen LogP) is 3.67. The third-order valence-electron chi connectivity index (χ3n) is 4.34. The van der Waals surface area contributed by atoms with Crippen LogP contribution < -0.4 is 5.32 Å². The first kappa shape index (κ1) is 17.0. The summed E-state index contributed by atoms with van der Waals surface area (Å²) in [5.74, 6) is -0.181. The molecule has 0 bridgehead atoms. The van der Waals surface area contributed by atoms with Crippen LogP contribution in [0.15, 0.2) is 35.7 Å². The molecule has 2 heterocycles. The highest BCUT2D eigenvalue weighted by Crippen LogP contribution is 2.32. The van der Waals surface area contributed by atoms with Gasteiger partial charge >= 0.3 is 0 Å². The van der Waals surface area contributed by atoms with E-state index in [9.17, 15) is 9.59 Å². The fraction of sp³-hybridized carbons (Fsp3) is 0.333. The van der Waals surface area contributed by atoms with E-state index in [1.54, 1.807) is 35.6 Å². The molecule has 0 fully saturated rings. The summed E-state index contributed by atoms with van der Waals surface area (Å²) in [5, 5.41) is 5.27. The summed E-state index contributed by atoms with van der Waals surface area (Å²) in [6.45, 7) is 3.11. The molecule has 0 unspecified atom stereocenters. The van der Waals surface area contributed by atoms with Crippen molar-refractivity contribution < 1.29 is 9.59 Å². The van der Waals surface area contributed by atoms with Gasteiger partial charge in [0.25, 0.3) is 5.91 Å². The van der Waals surface area contributed by atoms with Crippen molar-refractivity contribution >= 4 is 34.8 Å². The van der Waals surface area contributed by atoms with E-state index >= 15 is 0 Å². The Morgan fingerprint density at radius 2 is 2.12 bits per heavy atom. The van der Waals surface area contributed by atoms with Crippen LogP contribution in [0.4, 0.5) is 0 Å². The Morgan fingerprint density at radius 3 is 2.92 bits per heavy atom. The van der Waals surface area contributed by atoms with Gasteiger partial charge in [-0.2, -0.15) is 0 Å². The molecule has 0 spiro atoms. The van der Waals surface area contributed by atoms with Crippen molar-refractivity contribution in [3.05, 3.63) is 56.7 Å². The van der Waals surface area contributed by atoms with Gasteiger partial charge in [0.2, 0.25) is 5.91 Å². The second-order valence-corrected chi connectivity index (χ2v) is 7.21. The molecule has 0 radical (unpaired) electrons. The minimum atomic E-state index is -0.250. The SMILES string of the molecule is C[C@H]1c2ccsc2CCN1C(=O)CCNC(=O)c1ccccc1Cl. The zero-order valence-electron chi connectivity index (χ0n) is 13.4. The second-order valence-electron chi connectivity index (χ2n) is 5.80. The molecular weight excluding hydrogens is 344 g/mol. The lowest BCUT2D eigenvalue weighted by atomic mass is 10.0. The predicted molar refractivity (Wildman–Crippen MR) is 96.6 cm³/mol. The van der Waals surface area contributed by atoms with Crippen LogP contribution >= 0.6 is 22.9 Å². The van der Waals surface area contributed by atoms with Crippen LogP contribution in [0.25, 0.3) is 0 Å². The summed E-state index contributed by atoms with van der Waals surface area (Å²) in [4.78, 5) is 27.8. The number of thiophene rings is 1. The molecule has 1 aromatic carbocycles. The molecule has 1 aliphatic heterocycles. The van der Waals surface area contributed by atoms with Gasteiger partial charge in [-0.3, -0.25) is 9.59 Å². The standard InChI is InChI=1S/C18H19ClN2O2S/c1-12-13-8-11-24-16(13)7-10-21(12)17(22)6-9-20-18(23)14-4-2-3-5-15(14)19/h2-5,8,11-12H,6-7,9-10H2,1H3,(H,20,23)/t12-/m0/s1. The van der Waals surface area contributed by atoms with Crippen molar-refractivity contribution in [1.82, 2.24) is 10.2 Å². The highest BCUT2D eigenvalue weighted by atomic mass is 35.5. The molecule has 1 N–H and O–H groups in total. The van der Waals surface area contributed by atoms with Crippen LogP contribution in [0.3, 0.4) is 0 Å². The molecule has 1 aromatic heterocycles. The molecule has 2 aromatic rings. The highest BCUT2D eigenvalue weighted by Gasteiger charge is 2.27. The smallest absolute Gasteiger partial charge is 0.252 e. The van der Waals surface area contributed by atoms with Gasteiger partial charge in [0, 0.05) is 24.4 Å². The first-order chi connectivity index (χ1) is 11.6. The quantitative estimate of drug-likeness (QED) is 0.902. The zero-order valence-corrected chi connectivity index (χ0v) is 15.0. The lowest BCUT2D eigenvalue weighted by Crippen LogP contribution is -2.40. The third-order valence-corrected chi connectivity index (χ3v) is 5.67. The molecular formula is C18H19ClN2O2S. The van der Waals surface area contributed by atoms with Gasteiger partial charge in [-0.25, -0.2) is 0 Å². The van der Waals surface area contributed by atoms with Crippen molar-refractivity contribution in [3.8, 4) is 0 Å². The van der Waals surface area contributed by atoms with Crippen molar-refractivity contribution in [2.75, 3.05) is 13.1 Å². The molecule has 0 aliphatic carbocycles. The molecule has 3 rings (SSSR count). The normalized spacial score (nSPS) is 16.6. The minimum Gasteiger partial charge on any atom is -0.351 e. The summed E-state index contributed by atoms with van der Waals surface area (Å²) in [5.41, 5.74) is 1.68. The van der Waals surface area contributed by atoms with Gasteiger partial charge in [-0.05, 0) is 42.5 Å². The summed E-state index contributed by atoms with van der Waals surface area (Å²) in [6.07, 6.45) is 1.20. The molecule has 1 atom stereocenters. The molecule has 2 amide bonds. The second kappa shape index (κ2) is 7.36. The highest BCUT2D eigenvalue weighted by molar-refractivity contribution is 7.10. The number of rotatable bonds is 4. The number of benzene rings is 1. The Labute approximate surface area is 150 Å². The molecule has 126 valence electrons. The summed E-state index contributed by atoms with van der Waals surface area (Å²) in [7, 11) is 0. The van der Waals surface area contributed by atoms with Crippen molar-refractivity contribution in [2.24, 2.45) is 0 Å². The van der Waals surface area contributed by atoms with Crippen LogP contribution in [0.2, 0.25) is 5.02 Å². The number of hydrogen-bond donors (Lipinski definition) is 1. The van der Waals surface area contributed by atoms with Crippen molar-refractivity contribution in [2.45, 2.75) is 25.8 Å². The van der Waals surface area contributed by atoms with E-state index in [0.717, 1.165) is 13.0 Å². The van der Waals surface area contributed by atoms with Gasteiger partial charge in [0.15, 0.2) is 0 Å². The first-order valence-corrected chi connectivity index (χ1v) is 9.22. The van der Waals surface area contributed by atoms with E-state index in [2.05, 4.69) is 23.7 Å². The fourth-order valence-electron chi connectivity index (χ4n) is 3.02. The number of nitrogens with one attached hydrogen (secondary N) is 1. The molecule has 0 saturated carbocycles. The van der Waals surface area contributed by atoms with Crippen LogP contribution in [0.5, 0.6) is 0 Å². The molecule has 4 nitrogen and oxygen atoms in total. The number of carbonyl (C=O) groups is 2. The van der Waals surface area contributed by atoms with Gasteiger partial charge in [0.1, 0.15) is 0 Å². The third kappa shape index (κ3) is 3.47. The van der Waals surface area contributed by atoms with Crippen LogP contribution in [0, 0.1) is 0 Å². The summed E-state index contributed by atoms with van der Waals surface area (Å²) < 4.78 is 0. The monoisotopic (exact) mass is 362 g/mol. The van der Waals surface area contributed by atoms with E-state index in [1.807, 2.05) is 4.90 Å². The van der Waals surface area contributed by atoms with Gasteiger partial charge < -0.3 is 10.2 Å². The largest absolute Gasteiger partial charge is 0.351 e. The maximum absolute atomic E-state index is 12.5. The maximum atomic E-state index is 12.5. The molecule has 0 saturated heterocycles. The van der Waals surface area contributed by atoms with Crippen molar-refractivity contribution in [3.63, 3.8) is 0 Å². The minimum absolute atomic E-state index is 0.0683. The number of fused-ring (bicyclic) bond motifs is 1. The number of carbonyl (C=O) groups excluding carboxylic acids is 2. The number of hydrogen-bond acceptors (Lipinski definition) is 3. The Hall–Kier alpha value is -1.85.